The van der Waals surface area contributed by atoms with Crippen molar-refractivity contribution in [3.63, 3.8) is 0 Å². The van der Waals surface area contributed by atoms with Crippen LogP contribution in [0.2, 0.25) is 0 Å². The zero-order valence-corrected chi connectivity index (χ0v) is 12.4. The largest absolute Gasteiger partial charge is 0.305 e. The first kappa shape index (κ1) is 13.7. The number of benzene rings is 1. The lowest BCUT2D eigenvalue weighted by Crippen LogP contribution is -2.23. The van der Waals surface area contributed by atoms with Gasteiger partial charge in [-0.15, -0.1) is 0 Å². The highest BCUT2D eigenvalue weighted by Gasteiger charge is 2.16. The Kier molecular flexibility index (Phi) is 3.93. The Morgan fingerprint density at radius 2 is 1.95 bits per heavy atom. The van der Waals surface area contributed by atoms with Crippen molar-refractivity contribution >= 4 is 10.8 Å². The molecule has 106 valence electrons. The molecule has 0 fully saturated rings. The van der Waals surface area contributed by atoms with Crippen molar-refractivity contribution in [3.05, 3.63) is 71.8 Å². The molecule has 0 saturated carbocycles. The van der Waals surface area contributed by atoms with Crippen molar-refractivity contribution < 1.29 is 0 Å². The van der Waals surface area contributed by atoms with Gasteiger partial charge in [0.25, 0.3) is 0 Å². The minimum atomic E-state index is 0.0859. The first-order valence-electron chi connectivity index (χ1n) is 7.29. The van der Waals surface area contributed by atoms with E-state index < -0.39 is 0 Å². The minimum absolute atomic E-state index is 0.0859. The molecule has 0 saturated heterocycles. The molecule has 0 aliphatic heterocycles. The number of hydrogen-bond acceptors (Lipinski definition) is 3. The zero-order valence-electron chi connectivity index (χ0n) is 12.4. The summed E-state index contributed by atoms with van der Waals surface area (Å²) in [5.41, 5.74) is 3.31. The molecule has 21 heavy (non-hydrogen) atoms. The normalized spacial score (nSPS) is 12.5. The van der Waals surface area contributed by atoms with Crippen LogP contribution in [0.3, 0.4) is 0 Å². The van der Waals surface area contributed by atoms with Crippen molar-refractivity contribution in [1.29, 1.82) is 0 Å². The third kappa shape index (κ3) is 2.78. The third-order valence-electron chi connectivity index (χ3n) is 3.64. The van der Waals surface area contributed by atoms with Crippen LogP contribution in [-0.4, -0.2) is 16.5 Å². The molecule has 0 aliphatic carbocycles. The molecule has 1 atom stereocenters. The summed E-state index contributed by atoms with van der Waals surface area (Å²) in [4.78, 5) is 8.97. The van der Waals surface area contributed by atoms with Crippen LogP contribution >= 0.6 is 0 Å². The number of fused-ring (bicyclic) bond motifs is 1. The van der Waals surface area contributed by atoms with Crippen LogP contribution in [-0.2, 0) is 0 Å². The molecule has 0 amide bonds. The average Bonchev–Trinajstić information content (AvgIpc) is 2.52. The Bertz CT molecular complexity index is 747. The lowest BCUT2D eigenvalue weighted by Gasteiger charge is -2.20. The van der Waals surface area contributed by atoms with Gasteiger partial charge in [0.2, 0.25) is 0 Å². The minimum Gasteiger partial charge on any atom is -0.305 e. The van der Waals surface area contributed by atoms with E-state index >= 15 is 0 Å². The fourth-order valence-corrected chi connectivity index (χ4v) is 2.69. The lowest BCUT2D eigenvalue weighted by molar-refractivity contribution is 0.617. The van der Waals surface area contributed by atoms with Crippen molar-refractivity contribution in [2.24, 2.45) is 0 Å². The maximum Gasteiger partial charge on any atom is 0.0758 e. The van der Waals surface area contributed by atoms with E-state index in [-0.39, 0.29) is 6.04 Å². The molecule has 0 spiro atoms. The van der Waals surface area contributed by atoms with Crippen LogP contribution in [0.25, 0.3) is 10.8 Å². The number of aryl methyl sites for hydroxylation is 1. The van der Waals surface area contributed by atoms with Gasteiger partial charge in [-0.2, -0.15) is 0 Å². The summed E-state index contributed by atoms with van der Waals surface area (Å²) in [5, 5.41) is 5.93. The van der Waals surface area contributed by atoms with Gasteiger partial charge in [0, 0.05) is 23.5 Å². The average molecular weight is 277 g/mol. The SMILES string of the molecule is CCNC(c1cccc(C)n1)c1cccc2ccncc12. The molecule has 3 aromatic rings. The Balaban J connectivity index is 2.16. The molecule has 3 rings (SSSR count). The highest BCUT2D eigenvalue weighted by Crippen LogP contribution is 2.27. The fraction of sp³-hybridized carbons (Fsp3) is 0.222. The molecule has 1 N–H and O–H groups in total. The number of hydrogen-bond donors (Lipinski definition) is 1. The van der Waals surface area contributed by atoms with Crippen molar-refractivity contribution in [2.45, 2.75) is 19.9 Å². The van der Waals surface area contributed by atoms with Gasteiger partial charge in [0.1, 0.15) is 0 Å². The van der Waals surface area contributed by atoms with Crippen LogP contribution in [0.1, 0.15) is 29.9 Å². The van der Waals surface area contributed by atoms with Gasteiger partial charge in [0.15, 0.2) is 0 Å². The zero-order chi connectivity index (χ0) is 14.7. The molecule has 0 radical (unpaired) electrons. The predicted octanol–water partition coefficient (Wildman–Crippen LogP) is 3.64. The molecule has 1 aromatic carbocycles. The fourth-order valence-electron chi connectivity index (χ4n) is 2.69. The first-order chi connectivity index (χ1) is 10.3. The number of aromatic nitrogens is 2. The topological polar surface area (TPSA) is 37.8 Å². The number of rotatable bonds is 4. The standard InChI is InChI=1S/C18H19N3/c1-3-20-18(17-9-4-6-13(2)21-17)15-8-5-7-14-10-11-19-12-16(14)15/h4-12,18,20H,3H2,1-2H3. The first-order valence-corrected chi connectivity index (χ1v) is 7.29. The summed E-state index contributed by atoms with van der Waals surface area (Å²) in [5.74, 6) is 0. The number of pyridine rings is 2. The van der Waals surface area contributed by atoms with E-state index in [1.807, 2.05) is 31.5 Å². The molecule has 3 heteroatoms. The van der Waals surface area contributed by atoms with Crippen LogP contribution < -0.4 is 5.32 Å². The summed E-state index contributed by atoms with van der Waals surface area (Å²) in [6.07, 6.45) is 3.77. The van der Waals surface area contributed by atoms with Gasteiger partial charge in [-0.3, -0.25) is 9.97 Å². The molecular weight excluding hydrogens is 258 g/mol. The van der Waals surface area contributed by atoms with Gasteiger partial charge < -0.3 is 5.32 Å². The van der Waals surface area contributed by atoms with E-state index in [2.05, 4.69) is 47.6 Å². The highest BCUT2D eigenvalue weighted by atomic mass is 14.9. The summed E-state index contributed by atoms with van der Waals surface area (Å²) < 4.78 is 0. The summed E-state index contributed by atoms with van der Waals surface area (Å²) in [6.45, 7) is 5.03. The van der Waals surface area contributed by atoms with Crippen LogP contribution in [0.5, 0.6) is 0 Å². The highest BCUT2D eigenvalue weighted by molar-refractivity contribution is 5.85. The Morgan fingerprint density at radius 3 is 2.76 bits per heavy atom. The quantitative estimate of drug-likeness (QED) is 0.791. The second-order valence-corrected chi connectivity index (χ2v) is 5.14. The lowest BCUT2D eigenvalue weighted by atomic mass is 9.97. The maximum absolute atomic E-state index is 4.69. The summed E-state index contributed by atoms with van der Waals surface area (Å²) >= 11 is 0. The molecule has 3 nitrogen and oxygen atoms in total. The molecule has 0 aliphatic rings. The van der Waals surface area contributed by atoms with Crippen LogP contribution in [0, 0.1) is 6.92 Å². The van der Waals surface area contributed by atoms with Crippen molar-refractivity contribution in [2.75, 3.05) is 6.54 Å². The van der Waals surface area contributed by atoms with Crippen LogP contribution in [0.15, 0.2) is 54.9 Å². The molecular formula is C18H19N3. The van der Waals surface area contributed by atoms with Gasteiger partial charge in [-0.05, 0) is 42.6 Å². The van der Waals surface area contributed by atoms with E-state index in [4.69, 9.17) is 4.98 Å². The van der Waals surface area contributed by atoms with Crippen LogP contribution in [0.4, 0.5) is 0 Å². The second kappa shape index (κ2) is 6.02. The van der Waals surface area contributed by atoms with Crippen molar-refractivity contribution in [1.82, 2.24) is 15.3 Å². The monoisotopic (exact) mass is 277 g/mol. The van der Waals surface area contributed by atoms with E-state index in [0.717, 1.165) is 17.9 Å². The summed E-state index contributed by atoms with van der Waals surface area (Å²) in [6, 6.07) is 14.7. The van der Waals surface area contributed by atoms with Gasteiger partial charge in [0.05, 0.1) is 11.7 Å². The smallest absolute Gasteiger partial charge is 0.0758 e. The Hall–Kier alpha value is -2.26. The van der Waals surface area contributed by atoms with Gasteiger partial charge in [-0.1, -0.05) is 31.2 Å². The number of nitrogens with zero attached hydrogens (tertiary/aromatic N) is 2. The van der Waals surface area contributed by atoms with Gasteiger partial charge in [-0.25, -0.2) is 0 Å². The molecule has 2 aromatic heterocycles. The van der Waals surface area contributed by atoms with E-state index in [1.165, 1.54) is 16.3 Å². The van der Waals surface area contributed by atoms with Crippen molar-refractivity contribution in [3.8, 4) is 0 Å². The Labute approximate surface area is 125 Å². The summed E-state index contributed by atoms with van der Waals surface area (Å²) in [7, 11) is 0. The second-order valence-electron chi connectivity index (χ2n) is 5.14. The van der Waals surface area contributed by atoms with E-state index in [0.29, 0.717) is 0 Å². The van der Waals surface area contributed by atoms with Gasteiger partial charge >= 0.3 is 0 Å². The molecule has 1 unspecified atom stereocenters. The molecule has 0 bridgehead atoms. The molecule has 2 heterocycles. The maximum atomic E-state index is 4.69. The Morgan fingerprint density at radius 1 is 1.10 bits per heavy atom. The predicted molar refractivity (Wildman–Crippen MR) is 86.2 cm³/mol. The van der Waals surface area contributed by atoms with E-state index in [9.17, 15) is 0 Å². The number of nitrogens with one attached hydrogen (secondary N) is 1. The van der Waals surface area contributed by atoms with E-state index in [1.54, 1.807) is 0 Å². The third-order valence-corrected chi connectivity index (χ3v) is 3.64.